The number of piperidine rings is 1. The number of nitrogens with two attached hydrogens (primary N) is 1. The summed E-state index contributed by atoms with van der Waals surface area (Å²) < 4.78 is 13.7. The van der Waals surface area contributed by atoms with E-state index in [0.717, 1.165) is 79.0 Å². The average Bonchev–Trinajstić information content (AvgIpc) is 3.45. The summed E-state index contributed by atoms with van der Waals surface area (Å²) in [6.45, 7) is 5.09. The Morgan fingerprint density at radius 1 is 1.21 bits per heavy atom. The molecular weight excluding hydrogens is 416 g/mol. The van der Waals surface area contributed by atoms with Crippen LogP contribution in [0.3, 0.4) is 0 Å². The van der Waals surface area contributed by atoms with Gasteiger partial charge in [-0.25, -0.2) is 4.98 Å². The van der Waals surface area contributed by atoms with Gasteiger partial charge < -0.3 is 24.4 Å². The fourth-order valence-electron chi connectivity index (χ4n) is 4.90. The number of aryl methyl sites for hydroxylation is 1. The third-order valence-corrected chi connectivity index (χ3v) is 6.79. The van der Waals surface area contributed by atoms with Crippen LogP contribution in [0.2, 0.25) is 0 Å². The molecule has 1 aliphatic rings. The number of primary amides is 1. The van der Waals surface area contributed by atoms with E-state index in [4.69, 9.17) is 14.9 Å². The Labute approximate surface area is 193 Å². The van der Waals surface area contributed by atoms with Crippen LogP contribution in [0.25, 0.3) is 22.0 Å². The van der Waals surface area contributed by atoms with Crippen LogP contribution in [0.15, 0.2) is 47.0 Å². The van der Waals surface area contributed by atoms with E-state index in [1.54, 1.807) is 13.2 Å². The van der Waals surface area contributed by atoms with Gasteiger partial charge in [0.15, 0.2) is 11.5 Å². The minimum Gasteiger partial charge on any atom is -0.496 e. The maximum Gasteiger partial charge on any atom is 0.248 e. The van der Waals surface area contributed by atoms with Crippen molar-refractivity contribution in [3.05, 3.63) is 59.6 Å². The molecule has 2 N–H and O–H groups in total. The molecule has 0 unspecified atom stereocenters. The number of oxazole rings is 1. The lowest BCUT2D eigenvalue weighted by atomic mass is 10.0. The number of ether oxygens (including phenoxy) is 1. The number of hydrogen-bond donors (Lipinski definition) is 1. The highest BCUT2D eigenvalue weighted by Crippen LogP contribution is 2.30. The first kappa shape index (κ1) is 21.5. The molecule has 33 heavy (non-hydrogen) atoms. The van der Waals surface area contributed by atoms with Crippen molar-refractivity contribution in [2.24, 2.45) is 5.73 Å². The van der Waals surface area contributed by atoms with E-state index in [9.17, 15) is 4.79 Å². The van der Waals surface area contributed by atoms with Crippen molar-refractivity contribution in [3.63, 3.8) is 0 Å². The molecule has 1 aliphatic heterocycles. The first-order valence-electron chi connectivity index (χ1n) is 11.6. The van der Waals surface area contributed by atoms with Crippen molar-refractivity contribution in [3.8, 4) is 5.75 Å². The molecule has 0 spiro atoms. The summed E-state index contributed by atoms with van der Waals surface area (Å²) >= 11 is 0. The fraction of sp³-hybridized carbons (Fsp3) is 0.385. The number of amides is 1. The molecule has 1 saturated heterocycles. The lowest BCUT2D eigenvalue weighted by molar-refractivity contribution is 0.100. The highest BCUT2D eigenvalue weighted by Gasteiger charge is 2.22. The SMILES string of the molecule is CCc1nc2cc(CCN3CCC(n4ccc5ccc(C(N)=O)cc54)CC3)c(OC)cc2o1. The van der Waals surface area contributed by atoms with Gasteiger partial charge in [0.1, 0.15) is 11.3 Å². The number of carbonyl (C=O) groups excluding carboxylic acids is 1. The number of benzene rings is 2. The molecule has 0 atom stereocenters. The van der Waals surface area contributed by atoms with Crippen molar-refractivity contribution >= 4 is 27.9 Å². The van der Waals surface area contributed by atoms with Crippen LogP contribution in [-0.2, 0) is 12.8 Å². The maximum absolute atomic E-state index is 11.6. The van der Waals surface area contributed by atoms with Crippen LogP contribution in [0.1, 0.15) is 47.6 Å². The van der Waals surface area contributed by atoms with Gasteiger partial charge in [-0.3, -0.25) is 4.79 Å². The van der Waals surface area contributed by atoms with Crippen LogP contribution >= 0.6 is 0 Å². The molecule has 0 radical (unpaired) electrons. The predicted molar refractivity (Wildman–Crippen MR) is 129 cm³/mol. The molecule has 4 aromatic rings. The normalized spacial score (nSPS) is 15.5. The van der Waals surface area contributed by atoms with Crippen molar-refractivity contribution in [1.82, 2.24) is 14.5 Å². The van der Waals surface area contributed by atoms with Gasteiger partial charge >= 0.3 is 0 Å². The van der Waals surface area contributed by atoms with E-state index in [0.29, 0.717) is 11.6 Å². The fourth-order valence-corrected chi connectivity index (χ4v) is 4.90. The Bertz CT molecular complexity index is 1300. The molecule has 7 heteroatoms. The van der Waals surface area contributed by atoms with Gasteiger partial charge in [-0.2, -0.15) is 0 Å². The number of likely N-dealkylation sites (tertiary alicyclic amines) is 1. The van der Waals surface area contributed by atoms with E-state index in [1.807, 2.05) is 25.1 Å². The highest BCUT2D eigenvalue weighted by molar-refractivity contribution is 5.97. The number of hydrogen-bond acceptors (Lipinski definition) is 5. The topological polar surface area (TPSA) is 86.5 Å². The second-order valence-corrected chi connectivity index (χ2v) is 8.78. The number of fused-ring (bicyclic) bond motifs is 2. The zero-order valence-electron chi connectivity index (χ0n) is 19.2. The second kappa shape index (κ2) is 8.90. The van der Waals surface area contributed by atoms with Gasteiger partial charge in [0.05, 0.1) is 7.11 Å². The number of nitrogens with zero attached hydrogens (tertiary/aromatic N) is 3. The summed E-state index contributed by atoms with van der Waals surface area (Å²) in [6, 6.07) is 12.3. The zero-order valence-corrected chi connectivity index (χ0v) is 19.2. The lowest BCUT2D eigenvalue weighted by Gasteiger charge is -2.33. The Kier molecular flexibility index (Phi) is 5.81. The molecule has 3 heterocycles. The van der Waals surface area contributed by atoms with E-state index in [2.05, 4.69) is 32.8 Å². The monoisotopic (exact) mass is 446 g/mol. The standard InChI is InChI=1S/C26H30N4O3/c1-3-25-28-21-14-18(23(32-2)16-24(21)33-25)6-10-29-11-8-20(9-12-29)30-13-7-17-4-5-19(26(27)31)15-22(17)30/h4-5,7,13-16,20H,3,6,8-12H2,1-2H3,(H2,27,31). The summed E-state index contributed by atoms with van der Waals surface area (Å²) in [5, 5.41) is 1.14. The number of rotatable bonds is 7. The van der Waals surface area contributed by atoms with Gasteiger partial charge in [0, 0.05) is 55.4 Å². The van der Waals surface area contributed by atoms with Crippen molar-refractivity contribution in [2.75, 3.05) is 26.7 Å². The summed E-state index contributed by atoms with van der Waals surface area (Å²) in [5.41, 5.74) is 9.98. The van der Waals surface area contributed by atoms with Crippen LogP contribution in [0.5, 0.6) is 5.75 Å². The van der Waals surface area contributed by atoms with Crippen molar-refractivity contribution in [1.29, 1.82) is 0 Å². The van der Waals surface area contributed by atoms with Crippen LogP contribution < -0.4 is 10.5 Å². The van der Waals surface area contributed by atoms with E-state index >= 15 is 0 Å². The molecular formula is C26H30N4O3. The van der Waals surface area contributed by atoms with Crippen molar-refractivity contribution in [2.45, 2.75) is 38.6 Å². The summed E-state index contributed by atoms with van der Waals surface area (Å²) in [6.07, 6.45) is 5.97. The molecule has 0 bridgehead atoms. The summed E-state index contributed by atoms with van der Waals surface area (Å²) in [7, 11) is 1.71. The minimum absolute atomic E-state index is 0.385. The van der Waals surface area contributed by atoms with Crippen LogP contribution in [0, 0.1) is 0 Å². The predicted octanol–water partition coefficient (Wildman–Crippen LogP) is 4.33. The maximum atomic E-state index is 11.6. The summed E-state index contributed by atoms with van der Waals surface area (Å²) in [5.74, 6) is 1.23. The molecule has 1 amide bonds. The molecule has 0 aliphatic carbocycles. The van der Waals surface area contributed by atoms with E-state index in [-0.39, 0.29) is 5.91 Å². The molecule has 7 nitrogen and oxygen atoms in total. The third kappa shape index (κ3) is 4.20. The van der Waals surface area contributed by atoms with Gasteiger partial charge in [0.2, 0.25) is 5.91 Å². The zero-order chi connectivity index (χ0) is 22.9. The molecule has 2 aromatic heterocycles. The van der Waals surface area contributed by atoms with Crippen LogP contribution in [-0.4, -0.2) is 47.1 Å². The minimum atomic E-state index is -0.385. The number of carbonyl (C=O) groups is 1. The Morgan fingerprint density at radius 2 is 2.03 bits per heavy atom. The average molecular weight is 447 g/mol. The Morgan fingerprint density at radius 3 is 2.76 bits per heavy atom. The van der Waals surface area contributed by atoms with Gasteiger partial charge in [-0.05, 0) is 54.5 Å². The molecule has 2 aromatic carbocycles. The molecule has 5 rings (SSSR count). The number of methoxy groups -OCH3 is 1. The van der Waals surface area contributed by atoms with E-state index in [1.165, 1.54) is 5.56 Å². The molecule has 0 saturated carbocycles. The van der Waals surface area contributed by atoms with Crippen molar-refractivity contribution < 1.29 is 13.9 Å². The number of aromatic nitrogens is 2. The first-order valence-corrected chi connectivity index (χ1v) is 11.6. The van der Waals surface area contributed by atoms with Gasteiger partial charge in [-0.1, -0.05) is 13.0 Å². The summed E-state index contributed by atoms with van der Waals surface area (Å²) in [4.78, 5) is 18.7. The van der Waals surface area contributed by atoms with Crippen LogP contribution in [0.4, 0.5) is 0 Å². The smallest absolute Gasteiger partial charge is 0.248 e. The molecule has 1 fully saturated rings. The van der Waals surface area contributed by atoms with E-state index < -0.39 is 0 Å². The first-order chi connectivity index (χ1) is 16.1. The quantitative estimate of drug-likeness (QED) is 0.457. The lowest BCUT2D eigenvalue weighted by Crippen LogP contribution is -2.35. The molecule has 172 valence electrons. The Hall–Kier alpha value is -3.32. The largest absolute Gasteiger partial charge is 0.496 e. The van der Waals surface area contributed by atoms with Gasteiger partial charge in [0.25, 0.3) is 0 Å². The highest BCUT2D eigenvalue weighted by atomic mass is 16.5. The third-order valence-electron chi connectivity index (χ3n) is 6.79. The second-order valence-electron chi connectivity index (χ2n) is 8.78. The Balaban J connectivity index is 1.25. The van der Waals surface area contributed by atoms with Gasteiger partial charge in [-0.15, -0.1) is 0 Å².